The third-order valence-corrected chi connectivity index (χ3v) is 4.78. The summed E-state index contributed by atoms with van der Waals surface area (Å²) in [5.41, 5.74) is 7.44. The van der Waals surface area contributed by atoms with Crippen molar-refractivity contribution in [1.82, 2.24) is 4.90 Å². The molecule has 0 aliphatic carbocycles. The van der Waals surface area contributed by atoms with E-state index in [0.717, 1.165) is 25.2 Å². The summed E-state index contributed by atoms with van der Waals surface area (Å²) in [5, 5.41) is 0. The number of piperidine rings is 1. The summed E-state index contributed by atoms with van der Waals surface area (Å²) in [6.07, 6.45) is 7.43. The summed E-state index contributed by atoms with van der Waals surface area (Å²) in [7, 11) is 0. The van der Waals surface area contributed by atoms with Gasteiger partial charge in [0.25, 0.3) is 0 Å². The Labute approximate surface area is 135 Å². The van der Waals surface area contributed by atoms with Crippen molar-refractivity contribution < 1.29 is 4.74 Å². The summed E-state index contributed by atoms with van der Waals surface area (Å²) in [6.45, 7) is 7.12. The van der Waals surface area contributed by atoms with E-state index in [9.17, 15) is 0 Å². The second-order valence-corrected chi connectivity index (χ2v) is 6.32. The highest BCUT2D eigenvalue weighted by atomic mass is 16.5. The van der Waals surface area contributed by atoms with E-state index in [0.29, 0.717) is 18.6 Å². The zero-order valence-electron chi connectivity index (χ0n) is 14.3. The molecule has 0 spiro atoms. The van der Waals surface area contributed by atoms with Gasteiger partial charge in [0.15, 0.2) is 0 Å². The molecular formula is C19H32N2O. The van der Waals surface area contributed by atoms with Crippen LogP contribution in [0, 0.1) is 0 Å². The minimum Gasteiger partial charge on any atom is -0.494 e. The van der Waals surface area contributed by atoms with Crippen LogP contribution in [0.2, 0.25) is 0 Å². The highest BCUT2D eigenvalue weighted by Gasteiger charge is 2.28. The van der Waals surface area contributed by atoms with Gasteiger partial charge in [-0.1, -0.05) is 38.8 Å². The van der Waals surface area contributed by atoms with Gasteiger partial charge >= 0.3 is 0 Å². The van der Waals surface area contributed by atoms with Crippen molar-refractivity contribution in [2.45, 2.75) is 64.5 Å². The first-order valence-electron chi connectivity index (χ1n) is 8.98. The molecule has 1 aromatic rings. The average Bonchev–Trinajstić information content (AvgIpc) is 2.57. The van der Waals surface area contributed by atoms with E-state index in [4.69, 9.17) is 10.5 Å². The monoisotopic (exact) mass is 304 g/mol. The summed E-state index contributed by atoms with van der Waals surface area (Å²) >= 11 is 0. The number of rotatable bonds is 8. The molecule has 22 heavy (non-hydrogen) atoms. The molecule has 1 aliphatic rings. The van der Waals surface area contributed by atoms with Gasteiger partial charge in [-0.2, -0.15) is 0 Å². The van der Waals surface area contributed by atoms with Crippen LogP contribution in [0.4, 0.5) is 0 Å². The molecule has 2 atom stereocenters. The molecule has 0 saturated carbocycles. The first kappa shape index (κ1) is 17.3. The Bertz CT molecular complexity index is 435. The quantitative estimate of drug-likeness (QED) is 0.734. The van der Waals surface area contributed by atoms with Gasteiger partial charge < -0.3 is 10.5 Å². The second kappa shape index (κ2) is 9.16. The number of unbranched alkanes of at least 4 members (excludes halogenated alkanes) is 1. The van der Waals surface area contributed by atoms with E-state index >= 15 is 0 Å². The Morgan fingerprint density at radius 3 is 2.91 bits per heavy atom. The summed E-state index contributed by atoms with van der Waals surface area (Å²) in [6, 6.07) is 9.54. The lowest BCUT2D eigenvalue weighted by Gasteiger charge is -2.41. The fourth-order valence-corrected chi connectivity index (χ4v) is 3.48. The minimum atomic E-state index is 0.319. The highest BCUT2D eigenvalue weighted by Crippen LogP contribution is 2.31. The molecule has 1 heterocycles. The van der Waals surface area contributed by atoms with Crippen molar-refractivity contribution >= 4 is 0 Å². The van der Waals surface area contributed by atoms with E-state index < -0.39 is 0 Å². The number of benzene rings is 1. The topological polar surface area (TPSA) is 38.5 Å². The van der Waals surface area contributed by atoms with Crippen LogP contribution in [0.5, 0.6) is 5.75 Å². The number of ether oxygens (including phenoxy) is 1. The van der Waals surface area contributed by atoms with E-state index in [1.165, 1.54) is 37.8 Å². The van der Waals surface area contributed by atoms with Crippen molar-refractivity contribution in [2.75, 3.05) is 19.7 Å². The zero-order valence-corrected chi connectivity index (χ0v) is 14.3. The number of nitrogens with zero attached hydrogens (tertiary/aromatic N) is 1. The first-order valence-corrected chi connectivity index (χ1v) is 8.98. The molecule has 0 aromatic heterocycles. The molecule has 0 radical (unpaired) electrons. The van der Waals surface area contributed by atoms with Gasteiger partial charge in [-0.15, -0.1) is 0 Å². The van der Waals surface area contributed by atoms with Crippen molar-refractivity contribution in [3.63, 3.8) is 0 Å². The lowest BCUT2D eigenvalue weighted by molar-refractivity contribution is 0.0947. The van der Waals surface area contributed by atoms with Crippen LogP contribution in [0.15, 0.2) is 24.3 Å². The summed E-state index contributed by atoms with van der Waals surface area (Å²) in [4.78, 5) is 2.62. The van der Waals surface area contributed by atoms with E-state index in [2.05, 4.69) is 43.0 Å². The molecule has 0 bridgehead atoms. The summed E-state index contributed by atoms with van der Waals surface area (Å²) in [5.74, 6) is 0.981. The number of hydrogen-bond donors (Lipinski definition) is 1. The van der Waals surface area contributed by atoms with Crippen molar-refractivity contribution in [1.29, 1.82) is 0 Å². The van der Waals surface area contributed by atoms with Crippen LogP contribution >= 0.6 is 0 Å². The van der Waals surface area contributed by atoms with Crippen molar-refractivity contribution in [2.24, 2.45) is 5.73 Å². The maximum atomic E-state index is 6.14. The van der Waals surface area contributed by atoms with Gasteiger partial charge in [-0.3, -0.25) is 4.90 Å². The van der Waals surface area contributed by atoms with Gasteiger partial charge in [-0.25, -0.2) is 0 Å². The van der Waals surface area contributed by atoms with E-state index in [1.807, 2.05) is 0 Å². The zero-order chi connectivity index (χ0) is 15.8. The Kier molecular flexibility index (Phi) is 7.20. The largest absolute Gasteiger partial charge is 0.494 e. The maximum Gasteiger partial charge on any atom is 0.119 e. The predicted molar refractivity (Wildman–Crippen MR) is 93.3 cm³/mol. The standard InChI is InChI=1S/C19H32N2O/c1-3-5-13-22-18-11-8-9-16(14-18)19(15-20)21-12-7-6-10-17(21)4-2/h8-9,11,14,17,19H,3-7,10,12-13,15,20H2,1-2H3. The molecule has 1 aromatic carbocycles. The van der Waals surface area contributed by atoms with Crippen molar-refractivity contribution in [3.8, 4) is 5.75 Å². The molecule has 2 rings (SSSR count). The fourth-order valence-electron chi connectivity index (χ4n) is 3.48. The van der Waals surface area contributed by atoms with Crippen LogP contribution in [0.3, 0.4) is 0 Å². The van der Waals surface area contributed by atoms with Crippen LogP contribution in [0.25, 0.3) is 0 Å². The van der Waals surface area contributed by atoms with Crippen molar-refractivity contribution in [3.05, 3.63) is 29.8 Å². The Morgan fingerprint density at radius 1 is 1.32 bits per heavy atom. The molecule has 1 fully saturated rings. The molecule has 1 aliphatic heterocycles. The molecule has 1 saturated heterocycles. The van der Waals surface area contributed by atoms with Crippen LogP contribution < -0.4 is 10.5 Å². The molecular weight excluding hydrogens is 272 g/mol. The third-order valence-electron chi connectivity index (χ3n) is 4.78. The number of likely N-dealkylation sites (tertiary alicyclic amines) is 1. The molecule has 124 valence electrons. The Morgan fingerprint density at radius 2 is 2.18 bits per heavy atom. The predicted octanol–water partition coefficient (Wildman–Crippen LogP) is 4.13. The lowest BCUT2D eigenvalue weighted by Crippen LogP contribution is -2.44. The van der Waals surface area contributed by atoms with Crippen LogP contribution in [-0.2, 0) is 0 Å². The third kappa shape index (κ3) is 4.47. The minimum absolute atomic E-state index is 0.319. The van der Waals surface area contributed by atoms with E-state index in [1.54, 1.807) is 0 Å². The van der Waals surface area contributed by atoms with E-state index in [-0.39, 0.29) is 0 Å². The second-order valence-electron chi connectivity index (χ2n) is 6.32. The number of hydrogen-bond acceptors (Lipinski definition) is 3. The Balaban J connectivity index is 2.10. The summed E-state index contributed by atoms with van der Waals surface area (Å²) < 4.78 is 5.86. The van der Waals surface area contributed by atoms with Crippen LogP contribution in [-0.4, -0.2) is 30.6 Å². The van der Waals surface area contributed by atoms with Gasteiger partial charge in [0, 0.05) is 18.6 Å². The fraction of sp³-hybridized carbons (Fsp3) is 0.684. The van der Waals surface area contributed by atoms with Gasteiger partial charge in [0.1, 0.15) is 5.75 Å². The number of nitrogens with two attached hydrogens (primary N) is 1. The van der Waals surface area contributed by atoms with Gasteiger partial charge in [-0.05, 0) is 49.9 Å². The smallest absolute Gasteiger partial charge is 0.119 e. The molecule has 0 amide bonds. The maximum absolute atomic E-state index is 6.14. The molecule has 3 nitrogen and oxygen atoms in total. The van der Waals surface area contributed by atoms with Gasteiger partial charge in [0.2, 0.25) is 0 Å². The molecule has 3 heteroatoms. The lowest BCUT2D eigenvalue weighted by atomic mass is 9.95. The SMILES string of the molecule is CCCCOc1cccc(C(CN)N2CCCCC2CC)c1. The van der Waals surface area contributed by atoms with Gasteiger partial charge in [0.05, 0.1) is 6.61 Å². The Hall–Kier alpha value is -1.06. The average molecular weight is 304 g/mol. The normalized spacial score (nSPS) is 20.8. The first-order chi connectivity index (χ1) is 10.8. The highest BCUT2D eigenvalue weighted by molar-refractivity contribution is 5.31. The molecule has 2 unspecified atom stereocenters. The molecule has 2 N–H and O–H groups in total. The van der Waals surface area contributed by atoms with Crippen LogP contribution in [0.1, 0.15) is 64.0 Å².